The third kappa shape index (κ3) is 3.30. The predicted octanol–water partition coefficient (Wildman–Crippen LogP) is 3.50. The van der Waals surface area contributed by atoms with Crippen molar-refractivity contribution in [3.63, 3.8) is 0 Å². The maximum absolute atomic E-state index is 13.7. The highest BCUT2D eigenvalue weighted by Gasteiger charge is 2.16. The Bertz CT molecular complexity index is 619. The van der Waals surface area contributed by atoms with E-state index in [1.807, 2.05) is 0 Å². The van der Waals surface area contributed by atoms with Gasteiger partial charge in [-0.05, 0) is 42.3 Å². The van der Waals surface area contributed by atoms with Gasteiger partial charge in [0.15, 0.2) is 0 Å². The molecule has 0 fully saturated rings. The van der Waals surface area contributed by atoms with Crippen molar-refractivity contribution in [1.82, 2.24) is 5.43 Å². The van der Waals surface area contributed by atoms with Gasteiger partial charge in [0, 0.05) is 5.56 Å². The number of benzene rings is 2. The molecule has 0 radical (unpaired) electrons. The lowest BCUT2D eigenvalue weighted by Gasteiger charge is -2.17. The molecular weight excluding hydrogens is 289 g/mol. The van der Waals surface area contributed by atoms with Crippen LogP contribution in [-0.4, -0.2) is 0 Å². The molecule has 0 saturated carbocycles. The van der Waals surface area contributed by atoms with E-state index < -0.39 is 23.5 Å². The first-order valence-corrected chi connectivity index (χ1v) is 6.24. The molecule has 0 aromatic heterocycles. The van der Waals surface area contributed by atoms with Gasteiger partial charge in [-0.15, -0.1) is 0 Å². The zero-order valence-electron chi connectivity index (χ0n) is 10.3. The molecule has 2 aromatic carbocycles. The third-order valence-electron chi connectivity index (χ3n) is 2.96. The Kier molecular flexibility index (Phi) is 4.65. The van der Waals surface area contributed by atoms with Crippen molar-refractivity contribution in [3.05, 3.63) is 70.0 Å². The molecule has 6 heteroatoms. The van der Waals surface area contributed by atoms with Crippen LogP contribution in [0.4, 0.5) is 13.2 Å². The summed E-state index contributed by atoms with van der Waals surface area (Å²) in [5.41, 5.74) is 3.06. The minimum atomic E-state index is -0.675. The van der Waals surface area contributed by atoms with Crippen LogP contribution >= 0.6 is 11.6 Å². The number of hydrazine groups is 1. The zero-order valence-corrected chi connectivity index (χ0v) is 11.1. The molecule has 0 heterocycles. The highest BCUT2D eigenvalue weighted by atomic mass is 35.5. The van der Waals surface area contributed by atoms with Gasteiger partial charge in [-0.1, -0.05) is 17.7 Å². The number of halogens is 4. The van der Waals surface area contributed by atoms with Crippen LogP contribution in [0.3, 0.4) is 0 Å². The molecule has 3 N–H and O–H groups in total. The SMILES string of the molecule is NNC(Cc1ccc(Cl)c(F)c1)c1cc(F)ccc1F. The minimum absolute atomic E-state index is 0.00273. The van der Waals surface area contributed by atoms with E-state index in [2.05, 4.69) is 5.43 Å². The first kappa shape index (κ1) is 14.8. The molecule has 1 atom stereocenters. The molecule has 0 spiro atoms. The second-order valence-electron chi connectivity index (χ2n) is 4.34. The van der Waals surface area contributed by atoms with Gasteiger partial charge in [-0.25, -0.2) is 13.2 Å². The molecule has 20 heavy (non-hydrogen) atoms. The van der Waals surface area contributed by atoms with Gasteiger partial charge in [0.05, 0.1) is 11.1 Å². The number of hydrogen-bond donors (Lipinski definition) is 2. The van der Waals surface area contributed by atoms with Crippen LogP contribution in [0.15, 0.2) is 36.4 Å². The zero-order chi connectivity index (χ0) is 14.7. The molecule has 2 nitrogen and oxygen atoms in total. The molecule has 0 aliphatic rings. The van der Waals surface area contributed by atoms with Crippen molar-refractivity contribution in [2.45, 2.75) is 12.5 Å². The maximum Gasteiger partial charge on any atom is 0.142 e. The van der Waals surface area contributed by atoms with Crippen molar-refractivity contribution >= 4 is 11.6 Å². The second kappa shape index (κ2) is 6.26. The number of hydrogen-bond acceptors (Lipinski definition) is 2. The third-order valence-corrected chi connectivity index (χ3v) is 3.27. The van der Waals surface area contributed by atoms with Gasteiger partial charge in [0.25, 0.3) is 0 Å². The molecule has 0 aliphatic carbocycles. The summed E-state index contributed by atoms with van der Waals surface area (Å²) in [6.45, 7) is 0. The average molecular weight is 301 g/mol. The molecule has 0 amide bonds. The number of nitrogens with two attached hydrogens (primary N) is 1. The summed E-state index contributed by atoms with van der Waals surface area (Å²) < 4.78 is 40.2. The largest absolute Gasteiger partial charge is 0.271 e. The fourth-order valence-electron chi connectivity index (χ4n) is 1.94. The maximum atomic E-state index is 13.7. The molecule has 0 saturated heterocycles. The summed E-state index contributed by atoms with van der Waals surface area (Å²) in [5.74, 6) is 3.67. The van der Waals surface area contributed by atoms with E-state index in [9.17, 15) is 13.2 Å². The molecule has 1 unspecified atom stereocenters. The minimum Gasteiger partial charge on any atom is -0.271 e. The summed E-state index contributed by atoms with van der Waals surface area (Å²) in [6, 6.07) is 6.68. The van der Waals surface area contributed by atoms with Crippen LogP contribution in [0.5, 0.6) is 0 Å². The van der Waals surface area contributed by atoms with Crippen molar-refractivity contribution in [2.24, 2.45) is 5.84 Å². The van der Waals surface area contributed by atoms with E-state index in [0.717, 1.165) is 18.2 Å². The Hall–Kier alpha value is -1.56. The smallest absolute Gasteiger partial charge is 0.142 e. The van der Waals surface area contributed by atoms with Gasteiger partial charge in [0.1, 0.15) is 17.5 Å². The lowest BCUT2D eigenvalue weighted by atomic mass is 9.99. The summed E-state index contributed by atoms with van der Waals surface area (Å²) in [6.07, 6.45) is 0.199. The Labute approximate surface area is 119 Å². The normalized spacial score (nSPS) is 12.4. The van der Waals surface area contributed by atoms with E-state index in [1.165, 1.54) is 12.1 Å². The Morgan fingerprint density at radius 2 is 1.80 bits per heavy atom. The monoisotopic (exact) mass is 300 g/mol. The molecule has 0 aliphatic heterocycles. The van der Waals surface area contributed by atoms with E-state index in [1.54, 1.807) is 6.07 Å². The molecule has 2 aromatic rings. The van der Waals surface area contributed by atoms with Gasteiger partial charge < -0.3 is 0 Å². The van der Waals surface area contributed by atoms with Gasteiger partial charge >= 0.3 is 0 Å². The Balaban J connectivity index is 2.28. The van der Waals surface area contributed by atoms with Crippen LogP contribution < -0.4 is 11.3 Å². The first-order valence-electron chi connectivity index (χ1n) is 5.86. The van der Waals surface area contributed by atoms with Gasteiger partial charge in [-0.3, -0.25) is 11.3 Å². The predicted molar refractivity (Wildman–Crippen MR) is 71.5 cm³/mol. The summed E-state index contributed by atoms with van der Waals surface area (Å²) in [4.78, 5) is 0. The van der Waals surface area contributed by atoms with Gasteiger partial charge in [0.2, 0.25) is 0 Å². The van der Waals surface area contributed by atoms with Crippen molar-refractivity contribution in [2.75, 3.05) is 0 Å². The van der Waals surface area contributed by atoms with Crippen molar-refractivity contribution in [1.29, 1.82) is 0 Å². The Morgan fingerprint density at radius 3 is 2.45 bits per heavy atom. The fourth-order valence-corrected chi connectivity index (χ4v) is 2.06. The summed E-state index contributed by atoms with van der Waals surface area (Å²) in [7, 11) is 0. The van der Waals surface area contributed by atoms with Gasteiger partial charge in [-0.2, -0.15) is 0 Å². The topological polar surface area (TPSA) is 38.0 Å². The standard InChI is InChI=1S/C14H12ClF3N2/c15-11-3-1-8(5-13(11)18)6-14(20-19)10-7-9(16)2-4-12(10)17/h1-5,7,14,20H,6,19H2. The lowest BCUT2D eigenvalue weighted by molar-refractivity contribution is 0.501. The van der Waals surface area contributed by atoms with Crippen LogP contribution in [0.25, 0.3) is 0 Å². The number of nitrogens with one attached hydrogen (secondary N) is 1. The highest BCUT2D eigenvalue weighted by Crippen LogP contribution is 2.23. The van der Waals surface area contributed by atoms with E-state index in [-0.39, 0.29) is 17.0 Å². The van der Waals surface area contributed by atoms with E-state index in [0.29, 0.717) is 5.56 Å². The van der Waals surface area contributed by atoms with E-state index >= 15 is 0 Å². The summed E-state index contributed by atoms with van der Waals surface area (Å²) in [5, 5.41) is 0.00273. The average Bonchev–Trinajstić information content (AvgIpc) is 2.43. The molecular formula is C14H12ClF3N2. The lowest BCUT2D eigenvalue weighted by Crippen LogP contribution is -2.30. The fraction of sp³-hybridized carbons (Fsp3) is 0.143. The van der Waals surface area contributed by atoms with E-state index in [4.69, 9.17) is 17.4 Å². The second-order valence-corrected chi connectivity index (χ2v) is 4.74. The molecule has 106 valence electrons. The van der Waals surface area contributed by atoms with Crippen molar-refractivity contribution in [3.8, 4) is 0 Å². The van der Waals surface area contributed by atoms with Crippen molar-refractivity contribution < 1.29 is 13.2 Å². The van der Waals surface area contributed by atoms with Crippen LogP contribution in [0.2, 0.25) is 5.02 Å². The van der Waals surface area contributed by atoms with Crippen LogP contribution in [0, 0.1) is 17.5 Å². The summed E-state index contributed by atoms with van der Waals surface area (Å²) >= 11 is 5.59. The Morgan fingerprint density at radius 1 is 1.05 bits per heavy atom. The first-order chi connectivity index (χ1) is 9.51. The molecule has 0 bridgehead atoms. The highest BCUT2D eigenvalue weighted by molar-refractivity contribution is 6.30. The van der Waals surface area contributed by atoms with Crippen LogP contribution in [0.1, 0.15) is 17.2 Å². The molecule has 2 rings (SSSR count). The van der Waals surface area contributed by atoms with Crippen LogP contribution in [-0.2, 0) is 6.42 Å². The quantitative estimate of drug-likeness (QED) is 0.670. The number of rotatable bonds is 4.